The Morgan fingerprint density at radius 1 is 1.00 bits per heavy atom. The first kappa shape index (κ1) is 13.2. The van der Waals surface area contributed by atoms with Crippen LogP contribution in [0.1, 0.15) is 43.9 Å². The van der Waals surface area contributed by atoms with Gasteiger partial charge in [0.25, 0.3) is 0 Å². The lowest BCUT2D eigenvalue weighted by Crippen LogP contribution is -2.25. The molecule has 1 aromatic rings. The minimum absolute atomic E-state index is 0.184. The predicted molar refractivity (Wildman–Crippen MR) is 66.9 cm³/mol. The van der Waals surface area contributed by atoms with Gasteiger partial charge in [0.15, 0.2) is 0 Å². The zero-order chi connectivity index (χ0) is 12.3. The van der Waals surface area contributed by atoms with Gasteiger partial charge in [-0.25, -0.2) is 13.1 Å². The highest BCUT2D eigenvalue weighted by molar-refractivity contribution is 7.88. The zero-order valence-corrected chi connectivity index (χ0v) is 11.0. The summed E-state index contributed by atoms with van der Waals surface area (Å²) in [6.45, 7) is 6.10. The van der Waals surface area contributed by atoms with Gasteiger partial charge in [-0.05, 0) is 24.0 Å². The van der Waals surface area contributed by atoms with E-state index < -0.39 is 10.0 Å². The van der Waals surface area contributed by atoms with E-state index in [1.165, 1.54) is 11.8 Å². The standard InChI is InChI=1S/C12H19NO2S/c1-9(2)11-5-7-12(8-6-11)10(3)13-16(4,14)15/h5-10,13H,1-4H3. The van der Waals surface area contributed by atoms with Crippen LogP contribution in [0.5, 0.6) is 0 Å². The quantitative estimate of drug-likeness (QED) is 0.880. The summed E-state index contributed by atoms with van der Waals surface area (Å²) in [6, 6.07) is 7.84. The normalized spacial score (nSPS) is 14.1. The van der Waals surface area contributed by atoms with Crippen molar-refractivity contribution in [1.29, 1.82) is 0 Å². The Bertz CT molecular complexity index is 435. The number of benzene rings is 1. The largest absolute Gasteiger partial charge is 0.213 e. The Morgan fingerprint density at radius 2 is 1.44 bits per heavy atom. The molecule has 0 spiro atoms. The second kappa shape index (κ2) is 4.97. The molecule has 1 aromatic carbocycles. The van der Waals surface area contributed by atoms with Crippen molar-refractivity contribution in [1.82, 2.24) is 4.72 Å². The molecule has 0 aliphatic rings. The van der Waals surface area contributed by atoms with Gasteiger partial charge in [-0.1, -0.05) is 38.1 Å². The summed E-state index contributed by atoms with van der Waals surface area (Å²) in [5.74, 6) is 0.493. The molecule has 0 heterocycles. The molecule has 16 heavy (non-hydrogen) atoms. The van der Waals surface area contributed by atoms with E-state index in [0.29, 0.717) is 5.92 Å². The van der Waals surface area contributed by atoms with Gasteiger partial charge in [-0.3, -0.25) is 0 Å². The van der Waals surface area contributed by atoms with E-state index in [0.717, 1.165) is 5.56 Å². The first-order chi connectivity index (χ1) is 7.29. The van der Waals surface area contributed by atoms with E-state index in [9.17, 15) is 8.42 Å². The molecule has 1 rings (SSSR count). The molecule has 0 aliphatic carbocycles. The minimum atomic E-state index is -3.15. The lowest BCUT2D eigenvalue weighted by Gasteiger charge is -2.13. The molecule has 3 nitrogen and oxygen atoms in total. The van der Waals surface area contributed by atoms with Crippen molar-refractivity contribution in [3.05, 3.63) is 35.4 Å². The predicted octanol–water partition coefficient (Wildman–Crippen LogP) is 2.42. The van der Waals surface area contributed by atoms with E-state index >= 15 is 0 Å². The van der Waals surface area contributed by atoms with Crippen LogP contribution in [0.4, 0.5) is 0 Å². The van der Waals surface area contributed by atoms with E-state index in [1.807, 2.05) is 31.2 Å². The highest BCUT2D eigenvalue weighted by Crippen LogP contribution is 2.18. The molecule has 1 atom stereocenters. The van der Waals surface area contributed by atoms with Gasteiger partial charge >= 0.3 is 0 Å². The average molecular weight is 241 g/mol. The fourth-order valence-corrected chi connectivity index (χ4v) is 2.34. The molecule has 1 N–H and O–H groups in total. The van der Waals surface area contributed by atoms with Crippen molar-refractivity contribution in [2.75, 3.05) is 6.26 Å². The average Bonchev–Trinajstić information content (AvgIpc) is 2.15. The molecule has 0 bridgehead atoms. The summed E-state index contributed by atoms with van der Waals surface area (Å²) < 4.78 is 24.7. The maximum absolute atomic E-state index is 11.1. The number of hydrogen-bond donors (Lipinski definition) is 1. The summed E-state index contributed by atoms with van der Waals surface area (Å²) in [4.78, 5) is 0. The topological polar surface area (TPSA) is 46.2 Å². The van der Waals surface area contributed by atoms with E-state index in [-0.39, 0.29) is 6.04 Å². The van der Waals surface area contributed by atoms with Gasteiger partial charge < -0.3 is 0 Å². The highest BCUT2D eigenvalue weighted by atomic mass is 32.2. The van der Waals surface area contributed by atoms with Crippen LogP contribution >= 0.6 is 0 Å². The maximum Gasteiger partial charge on any atom is 0.209 e. The lowest BCUT2D eigenvalue weighted by atomic mass is 10.00. The van der Waals surface area contributed by atoms with Gasteiger partial charge in [-0.2, -0.15) is 0 Å². The van der Waals surface area contributed by atoms with Crippen LogP contribution in [-0.2, 0) is 10.0 Å². The van der Waals surface area contributed by atoms with Gasteiger partial charge in [0, 0.05) is 6.04 Å². The van der Waals surface area contributed by atoms with Crippen LogP contribution in [0.3, 0.4) is 0 Å². The number of rotatable bonds is 4. The zero-order valence-electron chi connectivity index (χ0n) is 10.2. The Kier molecular flexibility index (Phi) is 4.10. The smallest absolute Gasteiger partial charge is 0.209 e. The molecule has 0 saturated heterocycles. The van der Waals surface area contributed by atoms with Crippen molar-refractivity contribution in [2.45, 2.75) is 32.7 Å². The Balaban J connectivity index is 2.82. The third-order valence-corrected chi connectivity index (χ3v) is 3.28. The van der Waals surface area contributed by atoms with Gasteiger partial charge in [0.2, 0.25) is 10.0 Å². The van der Waals surface area contributed by atoms with E-state index in [4.69, 9.17) is 0 Å². The molecular formula is C12H19NO2S. The van der Waals surface area contributed by atoms with Crippen LogP contribution in [0.15, 0.2) is 24.3 Å². The first-order valence-electron chi connectivity index (χ1n) is 5.37. The number of sulfonamides is 1. The lowest BCUT2D eigenvalue weighted by molar-refractivity contribution is 0.573. The Morgan fingerprint density at radius 3 is 1.81 bits per heavy atom. The van der Waals surface area contributed by atoms with Crippen molar-refractivity contribution in [3.63, 3.8) is 0 Å². The third kappa shape index (κ3) is 3.94. The van der Waals surface area contributed by atoms with Crippen molar-refractivity contribution < 1.29 is 8.42 Å². The monoisotopic (exact) mass is 241 g/mol. The number of nitrogens with one attached hydrogen (secondary N) is 1. The van der Waals surface area contributed by atoms with Gasteiger partial charge in [-0.15, -0.1) is 0 Å². The Labute approximate surface area is 97.9 Å². The second-order valence-electron chi connectivity index (χ2n) is 4.43. The summed E-state index contributed by atoms with van der Waals surface area (Å²) >= 11 is 0. The molecule has 0 fully saturated rings. The highest BCUT2D eigenvalue weighted by Gasteiger charge is 2.10. The van der Waals surface area contributed by atoms with Gasteiger partial charge in [0.1, 0.15) is 0 Å². The van der Waals surface area contributed by atoms with Crippen LogP contribution in [-0.4, -0.2) is 14.7 Å². The molecule has 0 radical (unpaired) electrons. The SMILES string of the molecule is CC(C)c1ccc(C(C)NS(C)(=O)=O)cc1. The van der Waals surface area contributed by atoms with E-state index in [1.54, 1.807) is 0 Å². The molecule has 0 saturated carbocycles. The van der Waals surface area contributed by atoms with Crippen LogP contribution in [0.25, 0.3) is 0 Å². The van der Waals surface area contributed by atoms with Crippen LogP contribution in [0, 0.1) is 0 Å². The van der Waals surface area contributed by atoms with Crippen LogP contribution < -0.4 is 4.72 Å². The fraction of sp³-hybridized carbons (Fsp3) is 0.500. The van der Waals surface area contributed by atoms with Crippen molar-refractivity contribution in [3.8, 4) is 0 Å². The van der Waals surface area contributed by atoms with Crippen molar-refractivity contribution >= 4 is 10.0 Å². The molecule has 90 valence electrons. The third-order valence-electron chi connectivity index (χ3n) is 2.49. The Hall–Kier alpha value is -0.870. The summed E-state index contributed by atoms with van der Waals surface area (Å²) in [5.41, 5.74) is 2.24. The first-order valence-corrected chi connectivity index (χ1v) is 7.26. The number of hydrogen-bond acceptors (Lipinski definition) is 2. The summed E-state index contributed by atoms with van der Waals surface area (Å²) in [5, 5.41) is 0. The van der Waals surface area contributed by atoms with E-state index in [2.05, 4.69) is 18.6 Å². The fourth-order valence-electron chi connectivity index (χ4n) is 1.56. The molecule has 0 amide bonds. The second-order valence-corrected chi connectivity index (χ2v) is 6.21. The minimum Gasteiger partial charge on any atom is -0.213 e. The molecule has 0 aliphatic heterocycles. The molecular weight excluding hydrogens is 222 g/mol. The molecule has 1 unspecified atom stereocenters. The summed E-state index contributed by atoms with van der Waals surface area (Å²) in [6.07, 6.45) is 1.17. The molecule has 0 aromatic heterocycles. The summed E-state index contributed by atoms with van der Waals surface area (Å²) in [7, 11) is -3.15. The van der Waals surface area contributed by atoms with Gasteiger partial charge in [0.05, 0.1) is 6.26 Å². The molecule has 4 heteroatoms. The maximum atomic E-state index is 11.1. The van der Waals surface area contributed by atoms with Crippen LogP contribution in [0.2, 0.25) is 0 Å². The van der Waals surface area contributed by atoms with Crippen molar-refractivity contribution in [2.24, 2.45) is 0 Å².